The number of aromatic nitrogens is 4. The number of halogens is 1. The average molecular weight is 410 g/mol. The van der Waals surface area contributed by atoms with Crippen LogP contribution in [0.1, 0.15) is 0 Å². The van der Waals surface area contributed by atoms with Crippen molar-refractivity contribution in [1.29, 1.82) is 0 Å². The first-order chi connectivity index (χ1) is 11.3. The molecule has 5 rings (SSSR count). The molecule has 110 valence electrons. The summed E-state index contributed by atoms with van der Waals surface area (Å²) in [6.07, 6.45) is 3.63. The largest absolute Gasteiger partial charge is 0.278 e. The molecule has 4 nitrogen and oxygen atoms in total. The molecular weight excluding hydrogens is 399 g/mol. The highest BCUT2D eigenvalue weighted by Crippen LogP contribution is 2.29. The van der Waals surface area contributed by atoms with Gasteiger partial charge in [-0.1, -0.05) is 18.2 Å². The second-order valence-electron chi connectivity index (χ2n) is 5.42. The fourth-order valence-electron chi connectivity index (χ4n) is 3.13. The van der Waals surface area contributed by atoms with Crippen LogP contribution in [0.25, 0.3) is 33.5 Å². The van der Waals surface area contributed by atoms with Crippen molar-refractivity contribution in [2.45, 2.75) is 0 Å². The Bertz CT molecular complexity index is 1190. The Morgan fingerprint density at radius 1 is 0.870 bits per heavy atom. The molecule has 2 aromatic carbocycles. The van der Waals surface area contributed by atoms with Gasteiger partial charge in [-0.3, -0.25) is 14.0 Å². The van der Waals surface area contributed by atoms with Crippen molar-refractivity contribution < 1.29 is 0 Å². The maximum atomic E-state index is 4.82. The maximum Gasteiger partial charge on any atom is 0.220 e. The third-order valence-corrected chi connectivity index (χ3v) is 4.74. The number of para-hydroxylation sites is 2. The zero-order valence-electron chi connectivity index (χ0n) is 12.0. The van der Waals surface area contributed by atoms with Crippen LogP contribution in [-0.4, -0.2) is 18.9 Å². The molecule has 0 saturated heterocycles. The van der Waals surface area contributed by atoms with Gasteiger partial charge in [-0.2, -0.15) is 0 Å². The van der Waals surface area contributed by atoms with E-state index in [1.165, 1.54) is 3.57 Å². The zero-order valence-corrected chi connectivity index (χ0v) is 14.2. The summed E-state index contributed by atoms with van der Waals surface area (Å²) in [6.45, 7) is 0. The van der Waals surface area contributed by atoms with Crippen molar-refractivity contribution in [2.24, 2.45) is 0 Å². The Morgan fingerprint density at radius 3 is 2.61 bits per heavy atom. The van der Waals surface area contributed by atoms with E-state index in [1.807, 2.05) is 18.5 Å². The van der Waals surface area contributed by atoms with Gasteiger partial charge in [0.2, 0.25) is 5.78 Å². The average Bonchev–Trinajstić information content (AvgIpc) is 3.09. The molecule has 3 heterocycles. The van der Waals surface area contributed by atoms with E-state index in [9.17, 15) is 0 Å². The van der Waals surface area contributed by atoms with Gasteiger partial charge >= 0.3 is 0 Å². The Morgan fingerprint density at radius 2 is 1.74 bits per heavy atom. The molecule has 0 unspecified atom stereocenters. The smallest absolute Gasteiger partial charge is 0.220 e. The molecule has 0 bridgehead atoms. The molecule has 0 fully saturated rings. The molecule has 5 heteroatoms. The van der Waals surface area contributed by atoms with Crippen molar-refractivity contribution in [2.75, 3.05) is 0 Å². The second-order valence-corrected chi connectivity index (χ2v) is 6.66. The van der Waals surface area contributed by atoms with Crippen LogP contribution in [0.5, 0.6) is 0 Å². The summed E-state index contributed by atoms with van der Waals surface area (Å²) in [4.78, 5) is 9.02. The van der Waals surface area contributed by atoms with Crippen LogP contribution in [0.4, 0.5) is 0 Å². The molecule has 0 atom stereocenters. The molecular formula is C18H11IN4. The summed E-state index contributed by atoms with van der Waals surface area (Å²) in [7, 11) is 0. The molecule has 0 aliphatic carbocycles. The van der Waals surface area contributed by atoms with Crippen LogP contribution in [0, 0.1) is 3.57 Å². The van der Waals surface area contributed by atoms with Gasteiger partial charge in [-0.05, 0) is 59.0 Å². The lowest BCUT2D eigenvalue weighted by atomic mass is 10.3. The molecule has 23 heavy (non-hydrogen) atoms. The van der Waals surface area contributed by atoms with E-state index >= 15 is 0 Å². The quantitative estimate of drug-likeness (QED) is 0.384. The third-order valence-electron chi connectivity index (χ3n) is 4.07. The molecule has 5 aromatic rings. The van der Waals surface area contributed by atoms with Gasteiger partial charge in [0.1, 0.15) is 5.52 Å². The lowest BCUT2D eigenvalue weighted by Gasteiger charge is -2.05. The predicted octanol–water partition coefficient (Wildman–Crippen LogP) is 4.43. The van der Waals surface area contributed by atoms with Crippen molar-refractivity contribution >= 4 is 50.4 Å². The van der Waals surface area contributed by atoms with Crippen LogP contribution in [0.2, 0.25) is 0 Å². The van der Waals surface area contributed by atoms with E-state index in [2.05, 4.69) is 85.1 Å². The number of pyridine rings is 1. The molecule has 0 aliphatic heterocycles. The highest BCUT2D eigenvalue weighted by molar-refractivity contribution is 14.1. The van der Waals surface area contributed by atoms with Crippen LogP contribution < -0.4 is 0 Å². The number of hydrogen-bond acceptors (Lipinski definition) is 2. The SMILES string of the molecule is Ic1cccc(-n2c3ccccc3n3c4ccncc4nc23)c1. The first-order valence-corrected chi connectivity index (χ1v) is 8.38. The molecule has 3 aromatic heterocycles. The molecule has 0 spiro atoms. The van der Waals surface area contributed by atoms with Gasteiger partial charge in [-0.15, -0.1) is 0 Å². The standard InChI is InChI=1S/C18H11IN4/c19-12-4-3-5-13(10-12)22-16-6-1-2-7-17(16)23-15-8-9-20-11-14(15)21-18(22)23/h1-11H. The zero-order chi connectivity index (χ0) is 15.4. The fourth-order valence-corrected chi connectivity index (χ4v) is 3.65. The monoisotopic (exact) mass is 410 g/mol. The number of hydrogen-bond donors (Lipinski definition) is 0. The predicted molar refractivity (Wildman–Crippen MR) is 100 cm³/mol. The third kappa shape index (κ3) is 1.83. The highest BCUT2D eigenvalue weighted by atomic mass is 127. The van der Waals surface area contributed by atoms with Crippen molar-refractivity contribution in [3.63, 3.8) is 0 Å². The van der Waals surface area contributed by atoms with E-state index in [4.69, 9.17) is 4.98 Å². The summed E-state index contributed by atoms with van der Waals surface area (Å²) >= 11 is 2.34. The lowest BCUT2D eigenvalue weighted by Crippen LogP contribution is -1.95. The van der Waals surface area contributed by atoms with Gasteiger partial charge in [-0.25, -0.2) is 4.98 Å². The van der Waals surface area contributed by atoms with Gasteiger partial charge < -0.3 is 0 Å². The molecule has 0 amide bonds. The summed E-state index contributed by atoms with van der Waals surface area (Å²) in [5.41, 5.74) is 5.40. The van der Waals surface area contributed by atoms with Crippen LogP contribution >= 0.6 is 22.6 Å². The Kier molecular flexibility index (Phi) is 2.72. The van der Waals surface area contributed by atoms with E-state index in [-0.39, 0.29) is 0 Å². The minimum absolute atomic E-state index is 0.910. The fraction of sp³-hybridized carbons (Fsp3) is 0. The molecule has 0 radical (unpaired) electrons. The highest BCUT2D eigenvalue weighted by Gasteiger charge is 2.16. The topological polar surface area (TPSA) is 35.1 Å². The first kappa shape index (κ1) is 13.1. The minimum Gasteiger partial charge on any atom is -0.278 e. The van der Waals surface area contributed by atoms with Crippen LogP contribution in [-0.2, 0) is 0 Å². The van der Waals surface area contributed by atoms with Crippen LogP contribution in [0.3, 0.4) is 0 Å². The van der Waals surface area contributed by atoms with Crippen LogP contribution in [0.15, 0.2) is 67.0 Å². The number of fused-ring (bicyclic) bond motifs is 5. The van der Waals surface area contributed by atoms with Crippen molar-refractivity contribution in [3.8, 4) is 5.69 Å². The van der Waals surface area contributed by atoms with Gasteiger partial charge in [0.25, 0.3) is 0 Å². The first-order valence-electron chi connectivity index (χ1n) is 7.30. The van der Waals surface area contributed by atoms with E-state index in [0.717, 1.165) is 33.5 Å². The lowest BCUT2D eigenvalue weighted by molar-refractivity contribution is 1.11. The van der Waals surface area contributed by atoms with E-state index in [1.54, 1.807) is 0 Å². The van der Waals surface area contributed by atoms with Gasteiger partial charge in [0.15, 0.2) is 0 Å². The van der Waals surface area contributed by atoms with E-state index < -0.39 is 0 Å². The van der Waals surface area contributed by atoms with Gasteiger partial charge in [0.05, 0.1) is 28.4 Å². The van der Waals surface area contributed by atoms with Crippen molar-refractivity contribution in [3.05, 3.63) is 70.6 Å². The molecule has 0 aliphatic rings. The second kappa shape index (κ2) is 4.79. The van der Waals surface area contributed by atoms with E-state index in [0.29, 0.717) is 0 Å². The number of imidazole rings is 2. The van der Waals surface area contributed by atoms with Gasteiger partial charge in [0, 0.05) is 9.77 Å². The summed E-state index contributed by atoms with van der Waals surface area (Å²) in [5.74, 6) is 0.913. The maximum absolute atomic E-state index is 4.82. The number of rotatable bonds is 1. The normalized spacial score (nSPS) is 11.7. The Balaban J connectivity index is 2.04. The van der Waals surface area contributed by atoms with Crippen molar-refractivity contribution in [1.82, 2.24) is 18.9 Å². The minimum atomic E-state index is 0.910. The summed E-state index contributed by atoms with van der Waals surface area (Å²) < 4.78 is 5.61. The molecule has 0 N–H and O–H groups in total. The number of nitrogens with zero attached hydrogens (tertiary/aromatic N) is 4. The number of benzene rings is 2. The summed E-state index contributed by atoms with van der Waals surface area (Å²) in [5, 5.41) is 0. The molecule has 0 saturated carbocycles. The summed E-state index contributed by atoms with van der Waals surface area (Å²) in [6, 6.07) is 18.9. The Labute approximate surface area is 145 Å². The Hall–Kier alpha value is -2.41.